The van der Waals surface area contributed by atoms with Crippen LogP contribution in [-0.4, -0.2) is 35.0 Å². The number of alkyl halides is 4. The third-order valence-corrected chi connectivity index (χ3v) is 15.4. The Morgan fingerprint density at radius 1 is 0.455 bits per heavy atom. The van der Waals surface area contributed by atoms with Crippen molar-refractivity contribution in [3.05, 3.63) is 68.4 Å². The molecule has 6 aromatic heterocycles. The Morgan fingerprint density at radius 3 is 1.18 bits per heavy atom. The number of rotatable bonds is 4. The Kier molecular flexibility index (Phi) is 5.93. The SMILES string of the molecule is Cc1c(-c2ccc(-c3cc4sc(-c5ccc(-c6sc7c(c6C)C(=O)C(F)(F)C7=O)s5)cc4s3)s2)sc2c1C(=O)C(F)(F)C2=O. The van der Waals surface area contributed by atoms with Gasteiger partial charge in [0.25, 0.3) is 11.6 Å². The van der Waals surface area contributed by atoms with E-state index in [4.69, 9.17) is 0 Å². The van der Waals surface area contributed by atoms with Gasteiger partial charge in [-0.05, 0) is 61.4 Å². The van der Waals surface area contributed by atoms with Gasteiger partial charge in [0.2, 0.25) is 11.6 Å². The molecule has 4 nitrogen and oxygen atoms in total. The van der Waals surface area contributed by atoms with Gasteiger partial charge in [0.1, 0.15) is 0 Å². The third-order valence-electron chi connectivity index (χ3n) is 7.65. The maximum absolute atomic E-state index is 13.9. The van der Waals surface area contributed by atoms with E-state index in [0.29, 0.717) is 20.9 Å². The molecule has 2 aliphatic rings. The van der Waals surface area contributed by atoms with Gasteiger partial charge < -0.3 is 0 Å². The van der Waals surface area contributed by atoms with Gasteiger partial charge in [0, 0.05) is 59.5 Å². The van der Waals surface area contributed by atoms with Gasteiger partial charge >= 0.3 is 11.8 Å². The molecule has 0 amide bonds. The summed E-state index contributed by atoms with van der Waals surface area (Å²) in [4.78, 5) is 55.1. The highest BCUT2D eigenvalue weighted by atomic mass is 32.1. The highest BCUT2D eigenvalue weighted by molar-refractivity contribution is 7.34. The van der Waals surface area contributed by atoms with Crippen molar-refractivity contribution in [2.45, 2.75) is 25.7 Å². The maximum atomic E-state index is 13.9. The molecule has 0 unspecified atom stereocenters. The average Bonchev–Trinajstić information content (AvgIpc) is 3.81. The molecule has 44 heavy (non-hydrogen) atoms. The van der Waals surface area contributed by atoms with E-state index >= 15 is 0 Å². The second kappa shape index (κ2) is 9.21. The maximum Gasteiger partial charge on any atom is 0.372 e. The van der Waals surface area contributed by atoms with E-state index in [0.717, 1.165) is 61.3 Å². The second-order valence-electron chi connectivity index (χ2n) is 10.3. The topological polar surface area (TPSA) is 68.3 Å². The summed E-state index contributed by atoms with van der Waals surface area (Å²) < 4.78 is 57.9. The van der Waals surface area contributed by atoms with Crippen LogP contribution in [0.2, 0.25) is 0 Å². The predicted molar refractivity (Wildman–Crippen MR) is 170 cm³/mol. The molecule has 0 fully saturated rings. The van der Waals surface area contributed by atoms with E-state index in [1.807, 2.05) is 24.3 Å². The first kappa shape index (κ1) is 28.3. The van der Waals surface area contributed by atoms with Crippen molar-refractivity contribution >= 4 is 101 Å². The minimum atomic E-state index is -3.98. The summed E-state index contributed by atoms with van der Waals surface area (Å²) in [6.07, 6.45) is 0. The van der Waals surface area contributed by atoms with Crippen molar-refractivity contribution < 1.29 is 36.7 Å². The lowest BCUT2D eigenvalue weighted by Crippen LogP contribution is -2.30. The fourth-order valence-corrected chi connectivity index (χ4v) is 12.9. The first-order valence-corrected chi connectivity index (χ1v) is 17.6. The van der Waals surface area contributed by atoms with E-state index < -0.39 is 35.0 Å². The molecule has 0 N–H and O–H groups in total. The van der Waals surface area contributed by atoms with Crippen LogP contribution in [0.15, 0.2) is 36.4 Å². The third kappa shape index (κ3) is 3.69. The van der Waals surface area contributed by atoms with Gasteiger partial charge in [0.05, 0.1) is 9.75 Å². The fraction of sp³-hybridized carbons (Fsp3) is 0.133. The predicted octanol–water partition coefficient (Wildman–Crippen LogP) is 10.5. The standard InChI is InChI=1S/C30H12F4O4S6/c1-9-19-23(27(37)29(31,32)25(19)35)43-21(9)13-5-3-11(39-13)15-7-17-18(41-15)8-16(42-17)12-4-6-14(40-12)22-10(2)20-24(44-22)28(38)30(33,34)26(20)36/h3-8H,1-2H3. The number of hydrogen-bond donors (Lipinski definition) is 0. The normalized spacial score (nSPS) is 17.0. The monoisotopic (exact) mass is 704 g/mol. The zero-order valence-corrected chi connectivity index (χ0v) is 27.0. The molecule has 6 aromatic rings. The number of thiophene rings is 6. The quantitative estimate of drug-likeness (QED) is 0.135. The summed E-state index contributed by atoms with van der Waals surface area (Å²) in [5.41, 5.74) is 0.467. The summed E-state index contributed by atoms with van der Waals surface area (Å²) >= 11 is 8.02. The second-order valence-corrected chi connectivity index (χ2v) is 16.6. The van der Waals surface area contributed by atoms with Crippen molar-refractivity contribution in [3.63, 3.8) is 0 Å². The summed E-state index contributed by atoms with van der Waals surface area (Å²) in [7, 11) is 0. The van der Waals surface area contributed by atoms with Crippen LogP contribution in [0.4, 0.5) is 17.6 Å². The van der Waals surface area contributed by atoms with Crippen LogP contribution in [0.1, 0.15) is 51.2 Å². The zero-order chi connectivity index (χ0) is 31.0. The van der Waals surface area contributed by atoms with Crippen LogP contribution >= 0.6 is 68.0 Å². The number of halogens is 4. The summed E-state index contributed by atoms with van der Waals surface area (Å²) in [5.74, 6) is -13.7. The Bertz CT molecular complexity index is 2110. The minimum absolute atomic E-state index is 0.169. The number of fused-ring (bicyclic) bond motifs is 3. The molecule has 14 heteroatoms. The number of ketones is 4. The molecule has 0 aromatic carbocycles. The van der Waals surface area contributed by atoms with Crippen molar-refractivity contribution in [2.75, 3.05) is 0 Å². The molecule has 0 aliphatic heterocycles. The molecule has 0 atom stereocenters. The van der Waals surface area contributed by atoms with E-state index in [9.17, 15) is 36.7 Å². The summed E-state index contributed by atoms with van der Waals surface area (Å²) in [6.45, 7) is 3.19. The molecular weight excluding hydrogens is 693 g/mol. The van der Waals surface area contributed by atoms with E-state index in [-0.39, 0.29) is 20.9 Å². The van der Waals surface area contributed by atoms with Crippen LogP contribution in [-0.2, 0) is 0 Å². The van der Waals surface area contributed by atoms with Crippen molar-refractivity contribution in [2.24, 2.45) is 0 Å². The van der Waals surface area contributed by atoms with Gasteiger partial charge in [-0.3, -0.25) is 19.2 Å². The zero-order valence-electron chi connectivity index (χ0n) is 22.1. The number of Topliss-reactive ketones (excluding diaryl/α,β-unsaturated/α-hetero) is 4. The van der Waals surface area contributed by atoms with E-state index in [2.05, 4.69) is 12.1 Å². The average molecular weight is 705 g/mol. The lowest BCUT2D eigenvalue weighted by atomic mass is 10.1. The Morgan fingerprint density at radius 2 is 0.818 bits per heavy atom. The molecule has 6 heterocycles. The molecular formula is C30H12F4O4S6. The van der Waals surface area contributed by atoms with Gasteiger partial charge in [-0.15, -0.1) is 68.0 Å². The largest absolute Gasteiger partial charge is 0.372 e. The van der Waals surface area contributed by atoms with Gasteiger partial charge in [0.15, 0.2) is 0 Å². The highest BCUT2D eigenvalue weighted by Gasteiger charge is 2.58. The molecule has 0 spiro atoms. The Hall–Kier alpha value is -3.14. The molecule has 0 saturated heterocycles. The first-order chi connectivity index (χ1) is 20.8. The van der Waals surface area contributed by atoms with Crippen LogP contribution in [0.5, 0.6) is 0 Å². The summed E-state index contributed by atoms with van der Waals surface area (Å²) in [5, 5.41) is 0. The van der Waals surface area contributed by atoms with Gasteiger partial charge in [-0.1, -0.05) is 0 Å². The van der Waals surface area contributed by atoms with Gasteiger partial charge in [-0.2, -0.15) is 17.6 Å². The molecule has 2 aliphatic carbocycles. The lowest BCUT2D eigenvalue weighted by molar-refractivity contribution is 0.0187. The molecule has 0 saturated carbocycles. The Balaban J connectivity index is 1.07. The van der Waals surface area contributed by atoms with E-state index in [1.165, 1.54) is 22.7 Å². The molecule has 8 rings (SSSR count). The van der Waals surface area contributed by atoms with Crippen LogP contribution in [0.25, 0.3) is 48.4 Å². The molecule has 220 valence electrons. The number of hydrogen-bond acceptors (Lipinski definition) is 10. The van der Waals surface area contributed by atoms with Crippen LogP contribution < -0.4 is 0 Å². The molecule has 0 bridgehead atoms. The summed E-state index contributed by atoms with van der Waals surface area (Å²) in [6, 6.07) is 11.8. The lowest BCUT2D eigenvalue weighted by Gasteiger charge is -2.05. The molecule has 0 radical (unpaired) electrons. The van der Waals surface area contributed by atoms with Crippen molar-refractivity contribution in [1.29, 1.82) is 0 Å². The minimum Gasteiger partial charge on any atom is -0.287 e. The Labute approximate surface area is 268 Å². The number of carbonyl (C=O) groups excluding carboxylic acids is 4. The van der Waals surface area contributed by atoms with Crippen LogP contribution in [0.3, 0.4) is 0 Å². The van der Waals surface area contributed by atoms with Crippen LogP contribution in [0, 0.1) is 13.8 Å². The van der Waals surface area contributed by atoms with Gasteiger partial charge in [-0.25, -0.2) is 0 Å². The van der Waals surface area contributed by atoms with E-state index in [1.54, 1.807) is 36.5 Å². The smallest absolute Gasteiger partial charge is 0.287 e. The van der Waals surface area contributed by atoms with Crippen molar-refractivity contribution in [1.82, 2.24) is 0 Å². The van der Waals surface area contributed by atoms with Crippen molar-refractivity contribution in [3.8, 4) is 39.0 Å². The fourth-order valence-electron chi connectivity index (χ4n) is 5.43. The number of carbonyl (C=O) groups is 4. The highest BCUT2D eigenvalue weighted by Crippen LogP contribution is 2.51. The first-order valence-electron chi connectivity index (χ1n) is 12.7.